The lowest BCUT2D eigenvalue weighted by atomic mass is 9.83. The Labute approximate surface area is 82.3 Å². The Bertz CT molecular complexity index is 241. The first kappa shape index (κ1) is 11.0. The van der Waals surface area contributed by atoms with Crippen LogP contribution in [0.4, 0.5) is 0 Å². The van der Waals surface area contributed by atoms with Crippen LogP contribution >= 0.6 is 0 Å². The van der Waals surface area contributed by atoms with Crippen LogP contribution in [0, 0.1) is 11.8 Å². The van der Waals surface area contributed by atoms with Gasteiger partial charge >= 0.3 is 11.9 Å². The van der Waals surface area contributed by atoms with Gasteiger partial charge in [-0.25, -0.2) is 0 Å². The minimum Gasteiger partial charge on any atom is -0.481 e. The molecular formula is C9H15NO4. The summed E-state index contributed by atoms with van der Waals surface area (Å²) in [6.07, 6.45) is 0.491. The van der Waals surface area contributed by atoms with Gasteiger partial charge in [-0.1, -0.05) is 0 Å². The van der Waals surface area contributed by atoms with Gasteiger partial charge in [-0.05, 0) is 25.9 Å². The van der Waals surface area contributed by atoms with Crippen LogP contribution in [0.5, 0.6) is 0 Å². The van der Waals surface area contributed by atoms with Crippen LogP contribution in [0.1, 0.15) is 12.8 Å². The number of aliphatic carboxylic acids is 2. The van der Waals surface area contributed by atoms with Gasteiger partial charge in [0.2, 0.25) is 0 Å². The van der Waals surface area contributed by atoms with E-state index < -0.39 is 17.9 Å². The molecular weight excluding hydrogens is 186 g/mol. The van der Waals surface area contributed by atoms with Crippen LogP contribution in [0.2, 0.25) is 0 Å². The van der Waals surface area contributed by atoms with E-state index in [0.29, 0.717) is 13.0 Å². The molecule has 0 aliphatic carbocycles. The lowest BCUT2D eigenvalue weighted by Crippen LogP contribution is -2.42. The summed E-state index contributed by atoms with van der Waals surface area (Å²) in [4.78, 5) is 23.4. The zero-order chi connectivity index (χ0) is 10.7. The van der Waals surface area contributed by atoms with E-state index in [2.05, 4.69) is 0 Å². The van der Waals surface area contributed by atoms with Gasteiger partial charge in [0.05, 0.1) is 12.3 Å². The summed E-state index contributed by atoms with van der Waals surface area (Å²) in [5.74, 6) is -2.55. The van der Waals surface area contributed by atoms with Crippen molar-refractivity contribution in [3.8, 4) is 0 Å². The van der Waals surface area contributed by atoms with Crippen LogP contribution in [0.15, 0.2) is 0 Å². The molecule has 0 amide bonds. The van der Waals surface area contributed by atoms with E-state index in [1.54, 1.807) is 0 Å². The molecule has 1 aliphatic heterocycles. The monoisotopic (exact) mass is 201 g/mol. The number of nitrogens with zero attached hydrogens (tertiary/aromatic N) is 1. The molecule has 0 aromatic rings. The second-order valence-corrected chi connectivity index (χ2v) is 3.85. The number of hydrogen-bond donors (Lipinski definition) is 2. The van der Waals surface area contributed by atoms with Gasteiger partial charge < -0.3 is 15.1 Å². The average molecular weight is 201 g/mol. The molecule has 0 bridgehead atoms. The van der Waals surface area contributed by atoms with Crippen molar-refractivity contribution in [3.05, 3.63) is 0 Å². The topological polar surface area (TPSA) is 77.8 Å². The van der Waals surface area contributed by atoms with Crippen LogP contribution in [-0.4, -0.2) is 47.2 Å². The van der Waals surface area contributed by atoms with E-state index in [1.807, 2.05) is 11.9 Å². The van der Waals surface area contributed by atoms with Crippen molar-refractivity contribution >= 4 is 11.9 Å². The first-order valence-corrected chi connectivity index (χ1v) is 4.64. The van der Waals surface area contributed by atoms with Gasteiger partial charge in [0.15, 0.2) is 0 Å². The molecule has 1 heterocycles. The van der Waals surface area contributed by atoms with E-state index in [0.717, 1.165) is 6.54 Å². The molecule has 0 spiro atoms. The van der Waals surface area contributed by atoms with Gasteiger partial charge in [-0.2, -0.15) is 0 Å². The first-order chi connectivity index (χ1) is 6.50. The molecule has 1 fully saturated rings. The number of carbonyl (C=O) groups is 2. The predicted octanol–water partition coefficient (Wildman–Crippen LogP) is 0.114. The SMILES string of the molecule is CN1CC[C@@H](C(=O)O)[C@@H](CC(=O)O)C1. The summed E-state index contributed by atoms with van der Waals surface area (Å²) in [7, 11) is 1.88. The molecule has 5 heteroatoms. The highest BCUT2D eigenvalue weighted by atomic mass is 16.4. The van der Waals surface area contributed by atoms with Crippen molar-refractivity contribution < 1.29 is 19.8 Å². The largest absolute Gasteiger partial charge is 0.481 e. The van der Waals surface area contributed by atoms with E-state index >= 15 is 0 Å². The quantitative estimate of drug-likeness (QED) is 0.677. The molecule has 2 atom stereocenters. The molecule has 2 N–H and O–H groups in total. The Morgan fingerprint density at radius 2 is 2.07 bits per heavy atom. The molecule has 1 saturated heterocycles. The Morgan fingerprint density at radius 1 is 1.43 bits per heavy atom. The van der Waals surface area contributed by atoms with Crippen LogP contribution in [-0.2, 0) is 9.59 Å². The van der Waals surface area contributed by atoms with E-state index in [-0.39, 0.29) is 12.3 Å². The van der Waals surface area contributed by atoms with Crippen LogP contribution in [0.3, 0.4) is 0 Å². The highest BCUT2D eigenvalue weighted by Gasteiger charge is 2.33. The Morgan fingerprint density at radius 3 is 2.57 bits per heavy atom. The second kappa shape index (κ2) is 4.41. The molecule has 80 valence electrons. The fourth-order valence-electron chi connectivity index (χ4n) is 1.97. The first-order valence-electron chi connectivity index (χ1n) is 4.64. The molecule has 5 nitrogen and oxygen atoms in total. The molecule has 14 heavy (non-hydrogen) atoms. The minimum atomic E-state index is -0.920. The van der Waals surface area contributed by atoms with Crippen molar-refractivity contribution in [2.45, 2.75) is 12.8 Å². The molecule has 0 radical (unpaired) electrons. The molecule has 1 rings (SSSR count). The number of rotatable bonds is 3. The number of likely N-dealkylation sites (tertiary alicyclic amines) is 1. The maximum absolute atomic E-state index is 10.8. The molecule has 0 aromatic heterocycles. The lowest BCUT2D eigenvalue weighted by Gasteiger charge is -2.33. The zero-order valence-corrected chi connectivity index (χ0v) is 8.14. The summed E-state index contributed by atoms with van der Waals surface area (Å²) in [6, 6.07) is 0. The number of carboxylic acid groups (broad SMARTS) is 2. The van der Waals surface area contributed by atoms with Crippen molar-refractivity contribution in [3.63, 3.8) is 0 Å². The number of hydrogen-bond acceptors (Lipinski definition) is 3. The maximum Gasteiger partial charge on any atom is 0.306 e. The third-order valence-electron chi connectivity index (χ3n) is 2.69. The summed E-state index contributed by atoms with van der Waals surface area (Å²) in [5, 5.41) is 17.5. The fraction of sp³-hybridized carbons (Fsp3) is 0.778. The van der Waals surface area contributed by atoms with Crippen LogP contribution < -0.4 is 0 Å². The summed E-state index contributed by atoms with van der Waals surface area (Å²) >= 11 is 0. The smallest absolute Gasteiger partial charge is 0.306 e. The van der Waals surface area contributed by atoms with Crippen molar-refractivity contribution in [1.29, 1.82) is 0 Å². The average Bonchev–Trinajstić information content (AvgIpc) is 2.01. The third kappa shape index (κ3) is 2.70. The van der Waals surface area contributed by atoms with E-state index in [4.69, 9.17) is 10.2 Å². The predicted molar refractivity (Wildman–Crippen MR) is 49.0 cm³/mol. The third-order valence-corrected chi connectivity index (χ3v) is 2.69. The zero-order valence-electron chi connectivity index (χ0n) is 8.14. The molecule has 0 aromatic carbocycles. The Balaban J connectivity index is 2.63. The summed E-state index contributed by atoms with van der Waals surface area (Å²) in [5.41, 5.74) is 0. The van der Waals surface area contributed by atoms with Crippen LogP contribution in [0.25, 0.3) is 0 Å². The van der Waals surface area contributed by atoms with Gasteiger partial charge in [0, 0.05) is 6.54 Å². The summed E-state index contributed by atoms with van der Waals surface area (Å²) in [6.45, 7) is 1.29. The van der Waals surface area contributed by atoms with Crippen molar-refractivity contribution in [1.82, 2.24) is 4.90 Å². The molecule has 1 aliphatic rings. The summed E-state index contributed by atoms with van der Waals surface area (Å²) < 4.78 is 0. The minimum absolute atomic E-state index is 0.0543. The fourth-order valence-corrected chi connectivity index (χ4v) is 1.97. The van der Waals surface area contributed by atoms with E-state index in [1.165, 1.54) is 0 Å². The molecule has 0 unspecified atom stereocenters. The van der Waals surface area contributed by atoms with Gasteiger partial charge in [-0.3, -0.25) is 9.59 Å². The highest BCUT2D eigenvalue weighted by Crippen LogP contribution is 2.25. The Kier molecular flexibility index (Phi) is 3.46. The lowest BCUT2D eigenvalue weighted by molar-refractivity contribution is -0.147. The molecule has 0 saturated carbocycles. The highest BCUT2D eigenvalue weighted by molar-refractivity contribution is 5.73. The normalized spacial score (nSPS) is 28.6. The van der Waals surface area contributed by atoms with Crippen molar-refractivity contribution in [2.75, 3.05) is 20.1 Å². The van der Waals surface area contributed by atoms with E-state index in [9.17, 15) is 9.59 Å². The standard InChI is InChI=1S/C9H15NO4/c1-10-3-2-7(9(13)14)6(5-10)4-8(11)12/h6-7H,2-5H2,1H3,(H,11,12)(H,13,14)/t6-,7+/m0/s1. The van der Waals surface area contributed by atoms with Gasteiger partial charge in [-0.15, -0.1) is 0 Å². The number of piperidine rings is 1. The van der Waals surface area contributed by atoms with Gasteiger partial charge in [0.1, 0.15) is 0 Å². The Hall–Kier alpha value is -1.10. The van der Waals surface area contributed by atoms with Crippen molar-refractivity contribution in [2.24, 2.45) is 11.8 Å². The number of carboxylic acids is 2. The second-order valence-electron chi connectivity index (χ2n) is 3.85. The maximum atomic E-state index is 10.8. The van der Waals surface area contributed by atoms with Gasteiger partial charge in [0.25, 0.3) is 0 Å².